The van der Waals surface area contributed by atoms with Crippen LogP contribution in [0.1, 0.15) is 50.3 Å². The van der Waals surface area contributed by atoms with E-state index in [1.54, 1.807) is 6.20 Å². The summed E-state index contributed by atoms with van der Waals surface area (Å²) in [5.74, 6) is 2.15. The Hall–Kier alpha value is -2.24. The van der Waals surface area contributed by atoms with Crippen LogP contribution in [0, 0.1) is 5.92 Å². The molecule has 0 atom stereocenters. The van der Waals surface area contributed by atoms with Crippen molar-refractivity contribution >= 4 is 5.91 Å². The molecule has 2 aromatic rings. The molecule has 24 heavy (non-hydrogen) atoms. The maximum absolute atomic E-state index is 12.3. The summed E-state index contributed by atoms with van der Waals surface area (Å²) < 4.78 is 5.36. The minimum Gasteiger partial charge on any atom is -0.341 e. The quantitative estimate of drug-likeness (QED) is 0.863. The maximum Gasteiger partial charge on any atom is 0.233 e. The molecular formula is C18H22N4O2. The van der Waals surface area contributed by atoms with Crippen molar-refractivity contribution in [1.82, 2.24) is 20.0 Å². The predicted octanol–water partition coefficient (Wildman–Crippen LogP) is 3.03. The van der Waals surface area contributed by atoms with Crippen molar-refractivity contribution in [2.75, 3.05) is 13.1 Å². The van der Waals surface area contributed by atoms with E-state index in [1.165, 1.54) is 32.1 Å². The number of hydrogen-bond donors (Lipinski definition) is 0. The standard InChI is InChI=1S/C18H22N4O2/c23-16(10-13-6-2-1-3-7-13)22-11-14(12-22)18-20-17(21-24-18)15-8-4-5-9-19-15/h4-5,8-9,13-14H,1-3,6-7,10-12H2. The average Bonchev–Trinajstić information content (AvgIpc) is 3.05. The van der Waals surface area contributed by atoms with Gasteiger partial charge in [0.05, 0.1) is 5.92 Å². The van der Waals surface area contributed by atoms with Gasteiger partial charge in [0.25, 0.3) is 0 Å². The van der Waals surface area contributed by atoms with Crippen molar-refractivity contribution in [1.29, 1.82) is 0 Å². The average molecular weight is 326 g/mol. The van der Waals surface area contributed by atoms with Crippen molar-refractivity contribution in [3.63, 3.8) is 0 Å². The van der Waals surface area contributed by atoms with Gasteiger partial charge in [-0.3, -0.25) is 9.78 Å². The second-order valence-corrected chi connectivity index (χ2v) is 6.88. The number of pyridine rings is 1. The first kappa shape index (κ1) is 15.3. The minimum atomic E-state index is 0.158. The fourth-order valence-electron chi connectivity index (χ4n) is 3.61. The van der Waals surface area contributed by atoms with Crippen molar-refractivity contribution in [2.45, 2.75) is 44.4 Å². The minimum absolute atomic E-state index is 0.158. The van der Waals surface area contributed by atoms with Gasteiger partial charge < -0.3 is 9.42 Å². The lowest BCUT2D eigenvalue weighted by molar-refractivity contribution is -0.137. The predicted molar refractivity (Wildman–Crippen MR) is 88.0 cm³/mol. The first-order valence-corrected chi connectivity index (χ1v) is 8.82. The Balaban J connectivity index is 1.31. The van der Waals surface area contributed by atoms with Gasteiger partial charge in [-0.05, 0) is 30.9 Å². The molecule has 0 N–H and O–H groups in total. The first-order valence-electron chi connectivity index (χ1n) is 8.82. The molecular weight excluding hydrogens is 304 g/mol. The summed E-state index contributed by atoms with van der Waals surface area (Å²) in [5, 5.41) is 4.00. The molecule has 6 nitrogen and oxygen atoms in total. The molecule has 0 aromatic carbocycles. The highest BCUT2D eigenvalue weighted by Gasteiger charge is 2.36. The zero-order chi connectivity index (χ0) is 16.4. The molecule has 126 valence electrons. The Morgan fingerprint density at radius 3 is 2.79 bits per heavy atom. The van der Waals surface area contributed by atoms with Crippen LogP contribution in [-0.2, 0) is 4.79 Å². The summed E-state index contributed by atoms with van der Waals surface area (Å²) in [7, 11) is 0. The summed E-state index contributed by atoms with van der Waals surface area (Å²) in [5.41, 5.74) is 0.706. The highest BCUT2D eigenvalue weighted by molar-refractivity contribution is 5.77. The van der Waals surface area contributed by atoms with Crippen LogP contribution < -0.4 is 0 Å². The van der Waals surface area contributed by atoms with E-state index in [0.29, 0.717) is 42.8 Å². The van der Waals surface area contributed by atoms with Crippen LogP contribution in [-0.4, -0.2) is 39.0 Å². The van der Waals surface area contributed by atoms with Crippen LogP contribution in [0.2, 0.25) is 0 Å². The van der Waals surface area contributed by atoms with Crippen LogP contribution in [0.15, 0.2) is 28.9 Å². The highest BCUT2D eigenvalue weighted by Crippen LogP contribution is 2.31. The number of likely N-dealkylation sites (tertiary alicyclic amines) is 1. The molecule has 1 saturated heterocycles. The molecule has 1 aliphatic carbocycles. The normalized spacial score (nSPS) is 19.2. The highest BCUT2D eigenvalue weighted by atomic mass is 16.5. The Labute approximate surface area is 141 Å². The van der Waals surface area contributed by atoms with Crippen LogP contribution in [0.3, 0.4) is 0 Å². The van der Waals surface area contributed by atoms with Gasteiger partial charge in [-0.15, -0.1) is 0 Å². The van der Waals surface area contributed by atoms with Crippen molar-refractivity contribution in [2.24, 2.45) is 5.92 Å². The number of aromatic nitrogens is 3. The second kappa shape index (κ2) is 6.71. The van der Waals surface area contributed by atoms with E-state index in [1.807, 2.05) is 23.1 Å². The van der Waals surface area contributed by atoms with Crippen LogP contribution in [0.25, 0.3) is 11.5 Å². The number of nitrogens with zero attached hydrogens (tertiary/aromatic N) is 4. The number of hydrogen-bond acceptors (Lipinski definition) is 5. The fraction of sp³-hybridized carbons (Fsp3) is 0.556. The lowest BCUT2D eigenvalue weighted by Crippen LogP contribution is -2.49. The van der Waals surface area contributed by atoms with Gasteiger partial charge in [-0.25, -0.2) is 0 Å². The Kier molecular flexibility index (Phi) is 4.28. The van der Waals surface area contributed by atoms with E-state index >= 15 is 0 Å². The van der Waals surface area contributed by atoms with Crippen molar-refractivity contribution in [3.05, 3.63) is 30.3 Å². The topological polar surface area (TPSA) is 72.1 Å². The smallest absolute Gasteiger partial charge is 0.233 e. The first-order chi connectivity index (χ1) is 11.8. The molecule has 0 spiro atoms. The molecule has 1 saturated carbocycles. The van der Waals surface area contributed by atoms with Gasteiger partial charge in [-0.2, -0.15) is 4.98 Å². The van der Waals surface area contributed by atoms with Crippen molar-refractivity contribution < 1.29 is 9.32 Å². The van der Waals surface area contributed by atoms with Gasteiger partial charge in [-0.1, -0.05) is 30.5 Å². The summed E-state index contributed by atoms with van der Waals surface area (Å²) in [6.07, 6.45) is 8.71. The van der Waals surface area contributed by atoms with Gasteiger partial charge in [0.15, 0.2) is 0 Å². The maximum atomic E-state index is 12.3. The number of amides is 1. The van der Waals surface area contributed by atoms with Gasteiger partial charge in [0.1, 0.15) is 5.69 Å². The molecule has 2 fully saturated rings. The number of carbonyl (C=O) groups excluding carboxylic acids is 1. The van der Waals surface area contributed by atoms with E-state index in [2.05, 4.69) is 15.1 Å². The Bertz CT molecular complexity index is 688. The lowest BCUT2D eigenvalue weighted by Gasteiger charge is -2.38. The third-order valence-corrected chi connectivity index (χ3v) is 5.11. The van der Waals surface area contributed by atoms with E-state index < -0.39 is 0 Å². The van der Waals surface area contributed by atoms with Gasteiger partial charge >= 0.3 is 0 Å². The second-order valence-electron chi connectivity index (χ2n) is 6.88. The monoisotopic (exact) mass is 326 g/mol. The molecule has 0 radical (unpaired) electrons. The zero-order valence-electron chi connectivity index (χ0n) is 13.7. The molecule has 1 amide bonds. The summed E-state index contributed by atoms with van der Waals surface area (Å²) in [6, 6.07) is 5.61. The molecule has 3 heterocycles. The molecule has 2 aromatic heterocycles. The lowest BCUT2D eigenvalue weighted by atomic mass is 9.86. The van der Waals surface area contributed by atoms with Crippen LogP contribution in [0.5, 0.6) is 0 Å². The zero-order valence-corrected chi connectivity index (χ0v) is 13.7. The summed E-state index contributed by atoms with van der Waals surface area (Å²) in [6.45, 7) is 1.38. The summed E-state index contributed by atoms with van der Waals surface area (Å²) in [4.78, 5) is 22.9. The van der Waals surface area contributed by atoms with Gasteiger partial charge in [0.2, 0.25) is 17.6 Å². The molecule has 1 aliphatic heterocycles. The molecule has 4 rings (SSSR count). The SMILES string of the molecule is O=C(CC1CCCCC1)N1CC(c2nc(-c3ccccn3)no2)C1. The van der Waals surface area contributed by atoms with E-state index in [9.17, 15) is 4.79 Å². The van der Waals surface area contributed by atoms with Crippen LogP contribution >= 0.6 is 0 Å². The largest absolute Gasteiger partial charge is 0.341 e. The third-order valence-electron chi connectivity index (χ3n) is 5.11. The molecule has 0 unspecified atom stereocenters. The molecule has 0 bridgehead atoms. The Morgan fingerprint density at radius 2 is 2.04 bits per heavy atom. The van der Waals surface area contributed by atoms with E-state index in [0.717, 1.165) is 0 Å². The fourth-order valence-corrected chi connectivity index (χ4v) is 3.61. The van der Waals surface area contributed by atoms with Gasteiger partial charge in [0, 0.05) is 25.7 Å². The van der Waals surface area contributed by atoms with E-state index in [-0.39, 0.29) is 11.8 Å². The number of carbonyl (C=O) groups is 1. The molecule has 2 aliphatic rings. The Morgan fingerprint density at radius 1 is 1.21 bits per heavy atom. The number of rotatable bonds is 4. The van der Waals surface area contributed by atoms with Crippen molar-refractivity contribution in [3.8, 4) is 11.5 Å². The summed E-state index contributed by atoms with van der Waals surface area (Å²) >= 11 is 0. The molecule has 6 heteroatoms. The van der Waals surface area contributed by atoms with E-state index in [4.69, 9.17) is 4.52 Å². The third kappa shape index (κ3) is 3.18. The van der Waals surface area contributed by atoms with Crippen LogP contribution in [0.4, 0.5) is 0 Å².